The Hall–Kier alpha value is -2.79. The van der Waals surface area contributed by atoms with Crippen molar-refractivity contribution in [1.29, 1.82) is 0 Å². The van der Waals surface area contributed by atoms with E-state index >= 15 is 0 Å². The summed E-state index contributed by atoms with van der Waals surface area (Å²) >= 11 is 1.48. The molecular weight excluding hydrogens is 344 g/mol. The van der Waals surface area contributed by atoms with Crippen LogP contribution in [-0.4, -0.2) is 13.0 Å². The standard InChI is InChI=1S/C21H22N2O2S/c1-3-17-18(15-9-11-16(25-2)12-10-15)19(20(22)26-17)21(24)23-13-14-7-5-4-6-8-14/h4-12H,3,13,22H2,1-2H3,(H,23,24). The van der Waals surface area contributed by atoms with Crippen molar-refractivity contribution in [3.63, 3.8) is 0 Å². The lowest BCUT2D eigenvalue weighted by atomic mass is 9.99. The molecule has 1 heterocycles. The zero-order chi connectivity index (χ0) is 18.5. The average molecular weight is 366 g/mol. The molecule has 4 nitrogen and oxygen atoms in total. The summed E-state index contributed by atoms with van der Waals surface area (Å²) < 4.78 is 5.23. The molecule has 0 aliphatic heterocycles. The number of aryl methyl sites for hydroxylation is 1. The van der Waals surface area contributed by atoms with Crippen LogP contribution >= 0.6 is 11.3 Å². The van der Waals surface area contributed by atoms with Gasteiger partial charge in [-0.15, -0.1) is 11.3 Å². The van der Waals surface area contributed by atoms with Gasteiger partial charge in [-0.1, -0.05) is 49.4 Å². The Morgan fingerprint density at radius 2 is 1.81 bits per heavy atom. The van der Waals surface area contributed by atoms with Gasteiger partial charge in [-0.05, 0) is 29.7 Å². The maximum Gasteiger partial charge on any atom is 0.255 e. The molecule has 0 atom stereocenters. The van der Waals surface area contributed by atoms with Gasteiger partial charge in [0, 0.05) is 17.0 Å². The molecule has 2 aromatic carbocycles. The summed E-state index contributed by atoms with van der Waals surface area (Å²) in [4.78, 5) is 14.0. The van der Waals surface area contributed by atoms with Crippen LogP contribution in [0.5, 0.6) is 5.75 Å². The van der Waals surface area contributed by atoms with Crippen LogP contribution in [0.15, 0.2) is 54.6 Å². The summed E-state index contributed by atoms with van der Waals surface area (Å²) in [6.07, 6.45) is 0.822. The number of hydrogen-bond acceptors (Lipinski definition) is 4. The van der Waals surface area contributed by atoms with Gasteiger partial charge < -0.3 is 15.8 Å². The fourth-order valence-electron chi connectivity index (χ4n) is 2.90. The maximum absolute atomic E-state index is 12.9. The molecule has 0 aliphatic rings. The van der Waals surface area contributed by atoms with Crippen LogP contribution in [-0.2, 0) is 13.0 Å². The average Bonchev–Trinajstić information content (AvgIpc) is 3.03. The van der Waals surface area contributed by atoms with Crippen molar-refractivity contribution in [2.75, 3.05) is 12.8 Å². The predicted octanol–water partition coefficient (Wildman–Crippen LogP) is 4.50. The molecule has 5 heteroatoms. The van der Waals surface area contributed by atoms with Crippen molar-refractivity contribution in [2.45, 2.75) is 19.9 Å². The van der Waals surface area contributed by atoms with Gasteiger partial charge >= 0.3 is 0 Å². The molecule has 0 saturated heterocycles. The van der Waals surface area contributed by atoms with Gasteiger partial charge in [0.05, 0.1) is 17.7 Å². The molecule has 3 N–H and O–H groups in total. The zero-order valence-electron chi connectivity index (χ0n) is 14.9. The zero-order valence-corrected chi connectivity index (χ0v) is 15.7. The molecule has 0 unspecified atom stereocenters. The first-order chi connectivity index (χ1) is 12.6. The molecule has 0 bridgehead atoms. The highest BCUT2D eigenvalue weighted by molar-refractivity contribution is 7.17. The lowest BCUT2D eigenvalue weighted by Crippen LogP contribution is -2.23. The second-order valence-corrected chi connectivity index (χ2v) is 7.03. The van der Waals surface area contributed by atoms with Crippen LogP contribution in [0, 0.1) is 0 Å². The van der Waals surface area contributed by atoms with Crippen LogP contribution in [0.1, 0.15) is 27.7 Å². The number of carbonyl (C=O) groups is 1. The minimum Gasteiger partial charge on any atom is -0.497 e. The lowest BCUT2D eigenvalue weighted by Gasteiger charge is -2.10. The highest BCUT2D eigenvalue weighted by Gasteiger charge is 2.22. The Kier molecular flexibility index (Phi) is 5.58. The quantitative estimate of drug-likeness (QED) is 0.675. The first-order valence-electron chi connectivity index (χ1n) is 8.51. The van der Waals surface area contributed by atoms with Crippen molar-refractivity contribution in [3.8, 4) is 16.9 Å². The number of thiophene rings is 1. The highest BCUT2D eigenvalue weighted by Crippen LogP contribution is 2.39. The summed E-state index contributed by atoms with van der Waals surface area (Å²) in [5.74, 6) is 0.637. The Morgan fingerprint density at radius 3 is 2.42 bits per heavy atom. The normalized spacial score (nSPS) is 10.5. The van der Waals surface area contributed by atoms with E-state index < -0.39 is 0 Å². The van der Waals surface area contributed by atoms with Crippen molar-refractivity contribution in [1.82, 2.24) is 5.32 Å². The Bertz CT molecular complexity index is 886. The van der Waals surface area contributed by atoms with E-state index in [0.29, 0.717) is 17.1 Å². The number of carbonyl (C=O) groups excluding carboxylic acids is 1. The van der Waals surface area contributed by atoms with Gasteiger partial charge in [0.1, 0.15) is 5.75 Å². The summed E-state index contributed by atoms with van der Waals surface area (Å²) in [5, 5.41) is 3.54. The minimum absolute atomic E-state index is 0.145. The fourth-order valence-corrected chi connectivity index (χ4v) is 3.93. The molecule has 0 radical (unpaired) electrons. The predicted molar refractivity (Wildman–Crippen MR) is 108 cm³/mol. The highest BCUT2D eigenvalue weighted by atomic mass is 32.1. The van der Waals surface area contributed by atoms with Crippen LogP contribution in [0.4, 0.5) is 5.00 Å². The van der Waals surface area contributed by atoms with Crippen molar-refractivity contribution >= 4 is 22.2 Å². The van der Waals surface area contributed by atoms with E-state index in [1.165, 1.54) is 11.3 Å². The van der Waals surface area contributed by atoms with E-state index in [2.05, 4.69) is 12.2 Å². The molecule has 0 spiro atoms. The van der Waals surface area contributed by atoms with Crippen molar-refractivity contribution in [3.05, 3.63) is 70.6 Å². The van der Waals surface area contributed by atoms with Gasteiger partial charge in [-0.3, -0.25) is 4.79 Å². The third kappa shape index (κ3) is 3.73. The number of benzene rings is 2. The first kappa shape index (κ1) is 18.0. The Balaban J connectivity index is 1.92. The van der Waals surface area contributed by atoms with Crippen molar-refractivity contribution in [2.24, 2.45) is 0 Å². The van der Waals surface area contributed by atoms with Gasteiger partial charge in [0.2, 0.25) is 0 Å². The van der Waals surface area contributed by atoms with E-state index in [1.54, 1.807) is 7.11 Å². The molecule has 0 fully saturated rings. The molecule has 1 aromatic heterocycles. The lowest BCUT2D eigenvalue weighted by molar-refractivity contribution is 0.0953. The van der Waals surface area contributed by atoms with E-state index in [9.17, 15) is 4.79 Å². The van der Waals surface area contributed by atoms with Gasteiger partial charge in [-0.25, -0.2) is 0 Å². The molecule has 1 amide bonds. The summed E-state index contributed by atoms with van der Waals surface area (Å²) in [5.41, 5.74) is 9.72. The maximum atomic E-state index is 12.9. The van der Waals surface area contributed by atoms with E-state index in [0.717, 1.165) is 33.7 Å². The van der Waals surface area contributed by atoms with Crippen LogP contribution in [0.2, 0.25) is 0 Å². The third-order valence-corrected chi connectivity index (χ3v) is 5.39. The van der Waals surface area contributed by atoms with E-state index in [1.807, 2.05) is 54.6 Å². The molecule has 134 valence electrons. The molecule has 3 aromatic rings. The molecule has 0 aliphatic carbocycles. The largest absolute Gasteiger partial charge is 0.497 e. The smallest absolute Gasteiger partial charge is 0.255 e. The first-order valence-corrected chi connectivity index (χ1v) is 9.33. The number of rotatable bonds is 6. The van der Waals surface area contributed by atoms with Crippen LogP contribution in [0.25, 0.3) is 11.1 Å². The van der Waals surface area contributed by atoms with Gasteiger partial charge in [0.25, 0.3) is 5.91 Å². The Labute approximate surface area is 157 Å². The molecular formula is C21H22N2O2S. The molecule has 3 rings (SSSR count). The SMILES string of the molecule is CCc1sc(N)c(C(=O)NCc2ccccc2)c1-c1ccc(OC)cc1. The number of hydrogen-bond donors (Lipinski definition) is 2. The minimum atomic E-state index is -0.145. The van der Waals surface area contributed by atoms with E-state index in [4.69, 9.17) is 10.5 Å². The van der Waals surface area contributed by atoms with Gasteiger partial charge in [0.15, 0.2) is 0 Å². The summed E-state index contributed by atoms with van der Waals surface area (Å²) in [6.45, 7) is 2.54. The number of nitrogens with one attached hydrogen (secondary N) is 1. The monoisotopic (exact) mass is 366 g/mol. The summed E-state index contributed by atoms with van der Waals surface area (Å²) in [7, 11) is 1.64. The number of nitrogens with two attached hydrogens (primary N) is 1. The fraction of sp³-hybridized carbons (Fsp3) is 0.190. The number of amides is 1. The van der Waals surface area contributed by atoms with Crippen LogP contribution < -0.4 is 15.8 Å². The Morgan fingerprint density at radius 1 is 1.12 bits per heavy atom. The van der Waals surface area contributed by atoms with Crippen molar-refractivity contribution < 1.29 is 9.53 Å². The van der Waals surface area contributed by atoms with Gasteiger partial charge in [-0.2, -0.15) is 0 Å². The topological polar surface area (TPSA) is 64.4 Å². The van der Waals surface area contributed by atoms with Crippen LogP contribution in [0.3, 0.4) is 0 Å². The molecule has 26 heavy (non-hydrogen) atoms. The number of ether oxygens (including phenoxy) is 1. The second kappa shape index (κ2) is 8.06. The third-order valence-electron chi connectivity index (χ3n) is 4.23. The second-order valence-electron chi connectivity index (χ2n) is 5.89. The number of methoxy groups -OCH3 is 1. The number of anilines is 1. The summed E-state index contributed by atoms with van der Waals surface area (Å²) in [6, 6.07) is 17.6. The molecule has 0 saturated carbocycles. The van der Waals surface area contributed by atoms with E-state index in [-0.39, 0.29) is 5.91 Å². The number of nitrogen functional groups attached to an aromatic ring is 1.